The molecule has 2 N–H and O–H groups in total. The van der Waals surface area contributed by atoms with Crippen LogP contribution in [0.1, 0.15) is 26.7 Å². The van der Waals surface area contributed by atoms with Crippen molar-refractivity contribution in [3.8, 4) is 0 Å². The maximum absolute atomic E-state index is 12.0. The summed E-state index contributed by atoms with van der Waals surface area (Å²) in [4.78, 5) is 23.4. The lowest BCUT2D eigenvalue weighted by atomic mass is 10.0. The summed E-state index contributed by atoms with van der Waals surface area (Å²) in [7, 11) is 0. The molecule has 0 spiro atoms. The number of para-hydroxylation sites is 1. The van der Waals surface area contributed by atoms with E-state index in [2.05, 4.69) is 5.32 Å². The van der Waals surface area contributed by atoms with E-state index in [0.717, 1.165) is 17.7 Å². The summed E-state index contributed by atoms with van der Waals surface area (Å²) in [6, 6.07) is 7.27. The number of hydrogen-bond donors (Lipinski definition) is 2. The third kappa shape index (κ3) is 4.95. The number of rotatable bonds is 7. The quantitative estimate of drug-likeness (QED) is 0.753. The van der Waals surface area contributed by atoms with Crippen molar-refractivity contribution in [3.63, 3.8) is 0 Å². The Morgan fingerprint density at radius 1 is 1.26 bits per heavy atom. The average molecular weight is 281 g/mol. The van der Waals surface area contributed by atoms with Gasteiger partial charge in [0.2, 0.25) is 5.91 Å². The second-order valence-electron chi connectivity index (χ2n) is 4.18. The highest BCUT2D eigenvalue weighted by Crippen LogP contribution is 2.27. The van der Waals surface area contributed by atoms with Crippen LogP contribution < -0.4 is 5.32 Å². The molecule has 1 aromatic rings. The number of carboxylic acids is 1. The van der Waals surface area contributed by atoms with Crippen LogP contribution in [-0.2, 0) is 9.59 Å². The first kappa shape index (κ1) is 15.6. The first-order valence-electron chi connectivity index (χ1n) is 6.32. The molecule has 0 aliphatic heterocycles. The normalized spacial score (nSPS) is 10.5. The van der Waals surface area contributed by atoms with Crippen LogP contribution in [0, 0.1) is 5.92 Å². The van der Waals surface area contributed by atoms with E-state index in [1.165, 1.54) is 11.8 Å². The van der Waals surface area contributed by atoms with E-state index in [0.29, 0.717) is 5.69 Å². The van der Waals surface area contributed by atoms with Gasteiger partial charge in [0.05, 0.1) is 11.4 Å². The van der Waals surface area contributed by atoms with Crippen LogP contribution in [0.15, 0.2) is 29.2 Å². The monoisotopic (exact) mass is 281 g/mol. The van der Waals surface area contributed by atoms with Gasteiger partial charge in [0.15, 0.2) is 0 Å². The predicted molar refractivity (Wildman–Crippen MR) is 77.5 cm³/mol. The van der Waals surface area contributed by atoms with Gasteiger partial charge < -0.3 is 10.4 Å². The number of thioether (sulfide) groups is 1. The highest BCUT2D eigenvalue weighted by molar-refractivity contribution is 8.00. The van der Waals surface area contributed by atoms with Crippen molar-refractivity contribution in [1.29, 1.82) is 0 Å². The van der Waals surface area contributed by atoms with Crippen molar-refractivity contribution in [1.82, 2.24) is 0 Å². The van der Waals surface area contributed by atoms with Crippen LogP contribution in [0.25, 0.3) is 0 Å². The van der Waals surface area contributed by atoms with Crippen LogP contribution in [0.2, 0.25) is 0 Å². The third-order valence-electron chi connectivity index (χ3n) is 2.85. The number of carbonyl (C=O) groups is 2. The maximum Gasteiger partial charge on any atom is 0.313 e. The Morgan fingerprint density at radius 3 is 2.47 bits per heavy atom. The first-order chi connectivity index (χ1) is 9.08. The molecule has 0 saturated heterocycles. The van der Waals surface area contributed by atoms with Gasteiger partial charge in [-0.1, -0.05) is 26.0 Å². The Bertz CT molecular complexity index is 444. The van der Waals surface area contributed by atoms with Gasteiger partial charge in [0.1, 0.15) is 0 Å². The molecule has 0 atom stereocenters. The highest BCUT2D eigenvalue weighted by atomic mass is 32.2. The molecule has 104 valence electrons. The molecule has 1 aromatic carbocycles. The summed E-state index contributed by atoms with van der Waals surface area (Å²) in [6.07, 6.45) is 1.60. The fourth-order valence-electron chi connectivity index (χ4n) is 1.73. The molecule has 0 radical (unpaired) electrons. The molecule has 0 aliphatic rings. The first-order valence-corrected chi connectivity index (χ1v) is 7.31. The molecule has 19 heavy (non-hydrogen) atoms. The number of hydrogen-bond acceptors (Lipinski definition) is 3. The smallest absolute Gasteiger partial charge is 0.313 e. The largest absolute Gasteiger partial charge is 0.481 e. The lowest BCUT2D eigenvalue weighted by Gasteiger charge is -2.15. The topological polar surface area (TPSA) is 66.4 Å². The molecule has 0 saturated carbocycles. The average Bonchev–Trinajstić information content (AvgIpc) is 2.39. The van der Waals surface area contributed by atoms with Gasteiger partial charge in [-0.05, 0) is 25.0 Å². The van der Waals surface area contributed by atoms with E-state index in [4.69, 9.17) is 5.11 Å². The van der Waals surface area contributed by atoms with Crippen molar-refractivity contribution >= 4 is 29.3 Å². The van der Waals surface area contributed by atoms with Gasteiger partial charge in [-0.15, -0.1) is 11.8 Å². The molecule has 0 bridgehead atoms. The van der Waals surface area contributed by atoms with Crippen molar-refractivity contribution in [3.05, 3.63) is 24.3 Å². The van der Waals surface area contributed by atoms with Crippen molar-refractivity contribution in [2.75, 3.05) is 11.1 Å². The van der Waals surface area contributed by atoms with Gasteiger partial charge in [-0.2, -0.15) is 0 Å². The highest BCUT2D eigenvalue weighted by Gasteiger charge is 2.15. The van der Waals surface area contributed by atoms with E-state index in [-0.39, 0.29) is 17.6 Å². The van der Waals surface area contributed by atoms with Crippen LogP contribution in [0.3, 0.4) is 0 Å². The molecule has 1 rings (SSSR count). The molecule has 0 fully saturated rings. The minimum absolute atomic E-state index is 0.00229. The minimum Gasteiger partial charge on any atom is -0.481 e. The number of aliphatic carboxylic acids is 1. The second-order valence-corrected chi connectivity index (χ2v) is 5.20. The number of amides is 1. The van der Waals surface area contributed by atoms with Gasteiger partial charge in [-0.3, -0.25) is 9.59 Å². The molecule has 5 heteroatoms. The third-order valence-corrected chi connectivity index (χ3v) is 3.91. The van der Waals surface area contributed by atoms with E-state index in [1.54, 1.807) is 6.07 Å². The lowest BCUT2D eigenvalue weighted by molar-refractivity contribution is -0.133. The van der Waals surface area contributed by atoms with Crippen molar-refractivity contribution in [2.24, 2.45) is 5.92 Å². The fraction of sp³-hybridized carbons (Fsp3) is 0.429. The summed E-state index contributed by atoms with van der Waals surface area (Å²) in [5, 5.41) is 11.6. The summed E-state index contributed by atoms with van der Waals surface area (Å²) >= 11 is 1.21. The molecular formula is C14H19NO3S. The molecule has 0 aliphatic carbocycles. The molecule has 4 nitrogen and oxygen atoms in total. The van der Waals surface area contributed by atoms with Crippen LogP contribution in [0.4, 0.5) is 5.69 Å². The molecule has 0 unspecified atom stereocenters. The SMILES string of the molecule is CCC(CC)C(=O)Nc1ccccc1SCC(=O)O. The van der Waals surface area contributed by atoms with Crippen LogP contribution in [-0.4, -0.2) is 22.7 Å². The number of anilines is 1. The summed E-state index contributed by atoms with van der Waals surface area (Å²) < 4.78 is 0. The second kappa shape index (κ2) is 7.84. The van der Waals surface area contributed by atoms with Crippen molar-refractivity contribution < 1.29 is 14.7 Å². The van der Waals surface area contributed by atoms with Crippen LogP contribution >= 0.6 is 11.8 Å². The lowest BCUT2D eigenvalue weighted by Crippen LogP contribution is -2.22. The fourth-order valence-corrected chi connectivity index (χ4v) is 2.46. The van der Waals surface area contributed by atoms with Gasteiger partial charge in [0.25, 0.3) is 0 Å². The zero-order chi connectivity index (χ0) is 14.3. The Kier molecular flexibility index (Phi) is 6.42. The van der Waals surface area contributed by atoms with Crippen molar-refractivity contribution in [2.45, 2.75) is 31.6 Å². The molecule has 0 heterocycles. The summed E-state index contributed by atoms with van der Waals surface area (Å²) in [5.74, 6) is -0.894. The van der Waals surface area contributed by atoms with E-state index in [1.807, 2.05) is 32.0 Å². The Morgan fingerprint density at radius 2 is 1.89 bits per heavy atom. The van der Waals surface area contributed by atoms with Crippen LogP contribution in [0.5, 0.6) is 0 Å². The number of nitrogens with one attached hydrogen (secondary N) is 1. The molecule has 0 aromatic heterocycles. The Balaban J connectivity index is 2.77. The summed E-state index contributed by atoms with van der Waals surface area (Å²) in [6.45, 7) is 3.97. The zero-order valence-electron chi connectivity index (χ0n) is 11.2. The van der Waals surface area contributed by atoms with E-state index < -0.39 is 5.97 Å². The van der Waals surface area contributed by atoms with E-state index >= 15 is 0 Å². The zero-order valence-corrected chi connectivity index (χ0v) is 12.0. The number of carbonyl (C=O) groups excluding carboxylic acids is 1. The minimum atomic E-state index is -0.869. The van der Waals surface area contributed by atoms with Gasteiger partial charge >= 0.3 is 5.97 Å². The van der Waals surface area contributed by atoms with Gasteiger partial charge in [-0.25, -0.2) is 0 Å². The molecular weight excluding hydrogens is 262 g/mol. The maximum atomic E-state index is 12.0. The van der Waals surface area contributed by atoms with Gasteiger partial charge in [0, 0.05) is 10.8 Å². The van der Waals surface area contributed by atoms with E-state index in [9.17, 15) is 9.59 Å². The standard InChI is InChI=1S/C14H19NO3S/c1-3-10(4-2)14(18)15-11-7-5-6-8-12(11)19-9-13(16)17/h5-8,10H,3-4,9H2,1-2H3,(H,15,18)(H,16,17). The Labute approximate surface area is 117 Å². The predicted octanol–water partition coefficient (Wildman–Crippen LogP) is 3.24. The number of benzene rings is 1. The Hall–Kier alpha value is -1.49. The summed E-state index contributed by atoms with van der Waals surface area (Å²) in [5.41, 5.74) is 0.686. The number of carboxylic acid groups (broad SMARTS) is 1. The molecule has 1 amide bonds.